The molecule has 0 bridgehead atoms. The highest BCUT2D eigenvalue weighted by Crippen LogP contribution is 1.58. The molecule has 0 unspecified atom stereocenters. The molecule has 0 aliphatic rings. The van der Waals surface area contributed by atoms with Crippen molar-refractivity contribution in [2.45, 2.75) is 12.8 Å². The third-order valence-electron chi connectivity index (χ3n) is 0.999. The maximum atomic E-state index is 9.10. The summed E-state index contributed by atoms with van der Waals surface area (Å²) in [6.07, 6.45) is 1.89. The van der Waals surface area contributed by atoms with Crippen molar-refractivity contribution in [2.24, 2.45) is 22.9 Å². The van der Waals surface area contributed by atoms with Crippen LogP contribution in [-0.2, 0) is 9.59 Å². The molecule has 0 aliphatic carbocycles. The molecule has 0 aromatic carbocycles. The third-order valence-corrected chi connectivity index (χ3v) is 0.999. The molecule has 0 radical (unpaired) electrons. The Bertz CT molecular complexity index is 144. The number of carboxylic acid groups (broad SMARTS) is 2. The van der Waals surface area contributed by atoms with Crippen LogP contribution in [0.2, 0.25) is 0 Å². The Kier molecular flexibility index (Phi) is 24.5. The van der Waals surface area contributed by atoms with E-state index >= 15 is 0 Å². The highest BCUT2D eigenvalue weighted by molar-refractivity contribution is 6.27. The minimum absolute atomic E-state index is 0.719. The van der Waals surface area contributed by atoms with Crippen LogP contribution < -0.4 is 22.9 Å². The first kappa shape index (κ1) is 20.2. The minimum atomic E-state index is -1.82. The van der Waals surface area contributed by atoms with Crippen molar-refractivity contribution in [3.8, 4) is 0 Å². The van der Waals surface area contributed by atoms with Crippen LogP contribution in [0, 0.1) is 0 Å². The second kappa shape index (κ2) is 19.4. The van der Waals surface area contributed by atoms with Gasteiger partial charge in [0.2, 0.25) is 0 Å². The molecule has 0 saturated carbocycles. The molecule has 0 rings (SSSR count). The van der Waals surface area contributed by atoms with Gasteiger partial charge in [0.05, 0.1) is 0 Å². The summed E-state index contributed by atoms with van der Waals surface area (Å²) >= 11 is 0. The predicted molar refractivity (Wildman–Crippen MR) is 60.7 cm³/mol. The Morgan fingerprint density at radius 2 is 0.875 bits per heavy atom. The zero-order valence-electron chi connectivity index (χ0n) is 9.26. The Morgan fingerprint density at radius 3 is 0.875 bits per heavy atom. The van der Waals surface area contributed by atoms with E-state index in [1.807, 2.05) is 0 Å². The number of hydrogen-bond acceptors (Lipinski definition) is 6. The van der Waals surface area contributed by atoms with E-state index in [0.29, 0.717) is 0 Å². The average Bonchev–Trinajstić information content (AvgIpc) is 2.22. The monoisotopic (exact) mass is 238 g/mol. The van der Waals surface area contributed by atoms with E-state index in [1.54, 1.807) is 0 Å². The van der Waals surface area contributed by atoms with Crippen LogP contribution >= 0.6 is 0 Å². The Morgan fingerprint density at radius 1 is 0.688 bits per heavy atom. The van der Waals surface area contributed by atoms with Gasteiger partial charge < -0.3 is 33.1 Å². The van der Waals surface area contributed by atoms with Gasteiger partial charge in [0.25, 0.3) is 0 Å². The molecule has 0 spiro atoms. The molecule has 8 nitrogen and oxygen atoms in total. The maximum Gasteiger partial charge on any atom is 0.414 e. The van der Waals surface area contributed by atoms with Gasteiger partial charge in [-0.1, -0.05) is 0 Å². The van der Waals surface area contributed by atoms with Crippen LogP contribution in [-0.4, -0.2) is 48.3 Å². The van der Waals surface area contributed by atoms with Crippen LogP contribution in [0.25, 0.3) is 0 Å². The lowest BCUT2D eigenvalue weighted by Crippen LogP contribution is -2.09. The summed E-state index contributed by atoms with van der Waals surface area (Å²) in [6, 6.07) is 0. The smallest absolute Gasteiger partial charge is 0.414 e. The van der Waals surface area contributed by atoms with Gasteiger partial charge in [-0.15, -0.1) is 0 Å². The molecule has 16 heavy (non-hydrogen) atoms. The van der Waals surface area contributed by atoms with Gasteiger partial charge in [-0.05, 0) is 39.0 Å². The summed E-state index contributed by atoms with van der Waals surface area (Å²) in [5, 5.41) is 14.8. The highest BCUT2D eigenvalue weighted by atomic mass is 16.4. The quantitative estimate of drug-likeness (QED) is 0.297. The number of hydrogen-bond donors (Lipinski definition) is 6. The van der Waals surface area contributed by atoms with Crippen molar-refractivity contribution in [2.75, 3.05) is 26.2 Å². The second-order valence-corrected chi connectivity index (χ2v) is 2.47. The molecule has 98 valence electrons. The molecule has 10 N–H and O–H groups in total. The molecule has 0 heterocycles. The fraction of sp³-hybridized carbons (Fsp3) is 0.750. The Hall–Kier alpha value is -1.22. The molecule has 0 amide bonds. The van der Waals surface area contributed by atoms with Crippen LogP contribution in [0.15, 0.2) is 0 Å². The lowest BCUT2D eigenvalue weighted by atomic mass is 10.4. The zero-order valence-corrected chi connectivity index (χ0v) is 9.26. The first-order valence-electron chi connectivity index (χ1n) is 4.74. The summed E-state index contributed by atoms with van der Waals surface area (Å²) in [5.74, 6) is -3.65. The summed E-state index contributed by atoms with van der Waals surface area (Å²) in [5.41, 5.74) is 20.2. The first-order chi connectivity index (χ1) is 7.47. The van der Waals surface area contributed by atoms with Gasteiger partial charge in [0, 0.05) is 0 Å². The predicted octanol–water partition coefficient (Wildman–Crippen LogP) is -2.26. The SMILES string of the molecule is NCCCN.NCCCN.O=C(O)C(=O)O. The highest BCUT2D eigenvalue weighted by Gasteiger charge is 2.04. The van der Waals surface area contributed by atoms with E-state index in [-0.39, 0.29) is 0 Å². The van der Waals surface area contributed by atoms with E-state index in [9.17, 15) is 0 Å². The van der Waals surface area contributed by atoms with Crippen molar-refractivity contribution < 1.29 is 19.8 Å². The van der Waals surface area contributed by atoms with Crippen molar-refractivity contribution in [3.63, 3.8) is 0 Å². The summed E-state index contributed by atoms with van der Waals surface area (Å²) in [6.45, 7) is 2.88. The van der Waals surface area contributed by atoms with Crippen molar-refractivity contribution in [3.05, 3.63) is 0 Å². The fourth-order valence-corrected chi connectivity index (χ4v) is 0.236. The zero-order chi connectivity index (χ0) is 13.4. The average molecular weight is 238 g/mol. The van der Waals surface area contributed by atoms with E-state index in [4.69, 9.17) is 42.7 Å². The lowest BCUT2D eigenvalue weighted by molar-refractivity contribution is -0.159. The van der Waals surface area contributed by atoms with E-state index < -0.39 is 11.9 Å². The van der Waals surface area contributed by atoms with Gasteiger partial charge in [0.1, 0.15) is 0 Å². The number of carbonyl (C=O) groups is 2. The van der Waals surface area contributed by atoms with Crippen LogP contribution in [0.4, 0.5) is 0 Å². The van der Waals surface area contributed by atoms with E-state index in [1.165, 1.54) is 0 Å². The molecule has 8 heteroatoms. The molecule has 0 aromatic heterocycles. The number of rotatable bonds is 4. The summed E-state index contributed by atoms with van der Waals surface area (Å²) in [7, 11) is 0. The van der Waals surface area contributed by atoms with Crippen LogP contribution in [0.3, 0.4) is 0 Å². The van der Waals surface area contributed by atoms with Crippen LogP contribution in [0.1, 0.15) is 12.8 Å². The van der Waals surface area contributed by atoms with Crippen molar-refractivity contribution >= 4 is 11.9 Å². The largest absolute Gasteiger partial charge is 0.473 e. The van der Waals surface area contributed by atoms with E-state index in [2.05, 4.69) is 0 Å². The molecule has 0 saturated heterocycles. The first-order valence-corrected chi connectivity index (χ1v) is 4.74. The van der Waals surface area contributed by atoms with Gasteiger partial charge in [-0.3, -0.25) is 0 Å². The number of aliphatic carboxylic acids is 2. The second-order valence-electron chi connectivity index (χ2n) is 2.47. The molecule has 0 aromatic rings. The number of carboxylic acids is 2. The molecular weight excluding hydrogens is 216 g/mol. The van der Waals surface area contributed by atoms with Gasteiger partial charge >= 0.3 is 11.9 Å². The van der Waals surface area contributed by atoms with Gasteiger partial charge in [-0.2, -0.15) is 0 Å². The van der Waals surface area contributed by atoms with Gasteiger partial charge in [-0.25, -0.2) is 9.59 Å². The Balaban J connectivity index is -0.000000160. The lowest BCUT2D eigenvalue weighted by Gasteiger charge is -1.81. The van der Waals surface area contributed by atoms with Crippen molar-refractivity contribution in [1.29, 1.82) is 0 Å². The van der Waals surface area contributed by atoms with Crippen molar-refractivity contribution in [1.82, 2.24) is 0 Å². The minimum Gasteiger partial charge on any atom is -0.473 e. The molecule has 0 atom stereocenters. The van der Waals surface area contributed by atoms with E-state index in [0.717, 1.165) is 39.0 Å². The van der Waals surface area contributed by atoms with Crippen LogP contribution in [0.5, 0.6) is 0 Å². The molecule has 0 aliphatic heterocycles. The summed E-state index contributed by atoms with van der Waals surface area (Å²) in [4.78, 5) is 18.2. The standard InChI is InChI=1S/2C3H10N2.C2H2O4/c2*4-2-1-3-5;3-1(4)2(5)6/h2*1-5H2;(H,3,4)(H,5,6). The fourth-order valence-electron chi connectivity index (χ4n) is 0.236. The Labute approximate surface area is 94.6 Å². The normalized spacial score (nSPS) is 8.00. The number of nitrogens with two attached hydrogens (primary N) is 4. The summed E-state index contributed by atoms with van der Waals surface area (Å²) < 4.78 is 0. The molecule has 0 fully saturated rings. The topological polar surface area (TPSA) is 179 Å². The van der Waals surface area contributed by atoms with Gasteiger partial charge in [0.15, 0.2) is 0 Å². The molecular formula is C8H22N4O4. The third kappa shape index (κ3) is 38.6. The maximum absolute atomic E-state index is 9.10.